The molecule has 5 heteroatoms. The molecule has 6 aromatic carbocycles. The van der Waals surface area contributed by atoms with E-state index in [1.54, 1.807) is 0 Å². The van der Waals surface area contributed by atoms with Crippen LogP contribution in [-0.4, -0.2) is 18.3 Å². The Morgan fingerprint density at radius 3 is 1.40 bits per heavy atom. The number of para-hydroxylation sites is 2. The van der Waals surface area contributed by atoms with E-state index >= 15 is 0 Å². The zero-order chi connectivity index (χ0) is 34.2. The van der Waals surface area contributed by atoms with Crippen molar-refractivity contribution >= 4 is 45.8 Å². The van der Waals surface area contributed by atoms with Crippen molar-refractivity contribution in [2.75, 3.05) is 4.90 Å². The molecular weight excluding hydrogens is 627 g/mol. The van der Waals surface area contributed by atoms with E-state index in [2.05, 4.69) is 205 Å². The summed E-state index contributed by atoms with van der Waals surface area (Å²) in [7, 11) is -2.61. The van der Waals surface area contributed by atoms with Gasteiger partial charge >= 0.3 is 0 Å². The van der Waals surface area contributed by atoms with Crippen molar-refractivity contribution < 1.29 is 4.42 Å². The Morgan fingerprint density at radius 2 is 0.960 bits per heavy atom. The molecule has 0 aliphatic carbocycles. The van der Waals surface area contributed by atoms with E-state index in [9.17, 15) is 0 Å². The first-order valence-corrected chi connectivity index (χ1v) is 19.1. The molecule has 0 fully saturated rings. The molecular formula is C45H39N3OSi. The highest BCUT2D eigenvalue weighted by molar-refractivity contribution is 7.19. The van der Waals surface area contributed by atoms with Crippen LogP contribution in [0.5, 0.6) is 0 Å². The lowest BCUT2D eigenvalue weighted by Gasteiger charge is -2.34. The van der Waals surface area contributed by atoms with Crippen LogP contribution < -0.4 is 25.6 Å². The second kappa shape index (κ2) is 15.0. The van der Waals surface area contributed by atoms with Crippen LogP contribution >= 0.6 is 0 Å². The van der Waals surface area contributed by atoms with Crippen molar-refractivity contribution in [3.05, 3.63) is 200 Å². The molecule has 7 aromatic rings. The van der Waals surface area contributed by atoms with E-state index in [1.165, 1.54) is 20.7 Å². The molecule has 0 atom stereocenters. The van der Waals surface area contributed by atoms with Crippen LogP contribution in [-0.2, 0) is 0 Å². The molecule has 50 heavy (non-hydrogen) atoms. The van der Waals surface area contributed by atoms with E-state index < -0.39 is 8.07 Å². The average molecular weight is 666 g/mol. The van der Waals surface area contributed by atoms with Crippen LogP contribution in [0.1, 0.15) is 26.2 Å². The van der Waals surface area contributed by atoms with E-state index in [1.807, 2.05) is 12.1 Å². The summed E-state index contributed by atoms with van der Waals surface area (Å²) in [6.07, 6.45) is 4.97. The molecule has 0 saturated heterocycles. The lowest BCUT2D eigenvalue weighted by Crippen LogP contribution is -2.74. The van der Waals surface area contributed by atoms with Crippen molar-refractivity contribution in [2.24, 2.45) is 0 Å². The van der Waals surface area contributed by atoms with Crippen LogP contribution in [0.4, 0.5) is 11.4 Å². The standard InChI is InChI=1S/C45H39N3OSi/c1-3-36(30-29-35(2)48(38-19-9-4-10-20-38)39-21-11-5-12-22-39)44-46-47-45(49-44)37-31-33-43(34-32-37)50(40-23-13-6-14-24-40,41-25-15-7-16-26-41)42-27-17-8-18-28-42/h4-34H,3H2,1-2H3/b35-29+,36-30+. The van der Waals surface area contributed by atoms with Gasteiger partial charge in [-0.15, -0.1) is 10.2 Å². The zero-order valence-electron chi connectivity index (χ0n) is 28.4. The predicted octanol–water partition coefficient (Wildman–Crippen LogP) is 8.65. The number of aromatic nitrogens is 2. The van der Waals surface area contributed by atoms with Gasteiger partial charge in [-0.25, -0.2) is 0 Å². The minimum absolute atomic E-state index is 0.508. The summed E-state index contributed by atoms with van der Waals surface area (Å²) in [6, 6.07) is 62.4. The highest BCUT2D eigenvalue weighted by Gasteiger charge is 2.41. The maximum absolute atomic E-state index is 6.34. The Kier molecular flexibility index (Phi) is 9.76. The molecule has 0 unspecified atom stereocenters. The molecule has 7 rings (SSSR count). The SMILES string of the molecule is CC/C(=C\C=C(/C)N(c1ccccc1)c1ccccc1)c1nnc(-c2ccc([Si](c3ccccc3)(c3ccccc3)c3ccccc3)cc2)o1. The summed E-state index contributed by atoms with van der Waals surface area (Å²) in [6.45, 7) is 4.23. The Labute approximate surface area is 295 Å². The number of nitrogens with zero attached hydrogens (tertiary/aromatic N) is 3. The van der Waals surface area contributed by atoms with Crippen LogP contribution in [0.25, 0.3) is 17.0 Å². The van der Waals surface area contributed by atoms with E-state index in [0.717, 1.165) is 34.6 Å². The minimum atomic E-state index is -2.61. The molecule has 0 bridgehead atoms. The van der Waals surface area contributed by atoms with Gasteiger partial charge in [0.25, 0.3) is 0 Å². The minimum Gasteiger partial charge on any atom is -0.416 e. The lowest BCUT2D eigenvalue weighted by molar-refractivity contribution is 0.551. The zero-order valence-corrected chi connectivity index (χ0v) is 29.4. The van der Waals surface area contributed by atoms with Gasteiger partial charge in [-0.05, 0) is 76.6 Å². The van der Waals surface area contributed by atoms with Crippen LogP contribution in [0.3, 0.4) is 0 Å². The van der Waals surface area contributed by atoms with E-state index in [0.29, 0.717) is 11.8 Å². The quantitative estimate of drug-likeness (QED) is 0.0788. The van der Waals surface area contributed by atoms with Crippen molar-refractivity contribution in [2.45, 2.75) is 20.3 Å². The Bertz CT molecular complexity index is 2040. The molecule has 0 N–H and O–H groups in total. The van der Waals surface area contributed by atoms with Gasteiger partial charge in [0.1, 0.15) is 0 Å². The molecule has 0 spiro atoms. The second-order valence-corrected chi connectivity index (χ2v) is 16.0. The first-order valence-electron chi connectivity index (χ1n) is 17.1. The predicted molar refractivity (Wildman–Crippen MR) is 210 cm³/mol. The van der Waals surface area contributed by atoms with Crippen LogP contribution in [0.2, 0.25) is 0 Å². The Balaban J connectivity index is 1.23. The van der Waals surface area contributed by atoms with Gasteiger partial charge in [-0.2, -0.15) is 0 Å². The number of hydrogen-bond donors (Lipinski definition) is 0. The second-order valence-electron chi connectivity index (χ2n) is 12.2. The topological polar surface area (TPSA) is 42.2 Å². The van der Waals surface area contributed by atoms with Crippen molar-refractivity contribution in [1.82, 2.24) is 10.2 Å². The first-order chi connectivity index (χ1) is 24.7. The summed E-state index contributed by atoms with van der Waals surface area (Å²) < 4.78 is 6.34. The van der Waals surface area contributed by atoms with Gasteiger partial charge in [0.05, 0.1) is 0 Å². The van der Waals surface area contributed by atoms with Gasteiger partial charge in [0.2, 0.25) is 11.8 Å². The van der Waals surface area contributed by atoms with Crippen molar-refractivity contribution in [1.29, 1.82) is 0 Å². The van der Waals surface area contributed by atoms with E-state index in [4.69, 9.17) is 4.42 Å². The average Bonchev–Trinajstić information content (AvgIpc) is 3.68. The normalized spacial score (nSPS) is 12.1. The molecule has 0 aliphatic rings. The van der Waals surface area contributed by atoms with Crippen LogP contribution in [0.15, 0.2) is 198 Å². The number of allylic oxidation sites excluding steroid dienone is 4. The maximum atomic E-state index is 6.34. The summed E-state index contributed by atoms with van der Waals surface area (Å²) >= 11 is 0. The smallest absolute Gasteiger partial charge is 0.248 e. The highest BCUT2D eigenvalue weighted by atomic mass is 28.3. The molecule has 1 aromatic heterocycles. The third-order valence-corrected chi connectivity index (χ3v) is 14.0. The van der Waals surface area contributed by atoms with Gasteiger partial charge in [0.15, 0.2) is 8.07 Å². The summed E-state index contributed by atoms with van der Waals surface area (Å²) in [4.78, 5) is 2.24. The summed E-state index contributed by atoms with van der Waals surface area (Å²) in [5.74, 6) is 1.04. The Morgan fingerprint density at radius 1 is 0.540 bits per heavy atom. The van der Waals surface area contributed by atoms with Gasteiger partial charge in [-0.3, -0.25) is 0 Å². The lowest BCUT2D eigenvalue weighted by atomic mass is 10.1. The highest BCUT2D eigenvalue weighted by Crippen LogP contribution is 2.30. The monoisotopic (exact) mass is 665 g/mol. The fraction of sp³-hybridized carbons (Fsp3) is 0.0667. The molecule has 0 amide bonds. The van der Waals surface area contributed by atoms with Crippen LogP contribution in [0, 0.1) is 0 Å². The number of anilines is 2. The number of benzene rings is 6. The first kappa shape index (κ1) is 32.5. The van der Waals surface area contributed by atoms with Gasteiger partial charge in [0, 0.05) is 28.2 Å². The largest absolute Gasteiger partial charge is 0.416 e. The van der Waals surface area contributed by atoms with E-state index in [-0.39, 0.29) is 0 Å². The number of hydrogen-bond acceptors (Lipinski definition) is 4. The molecule has 1 heterocycles. The fourth-order valence-electron chi connectivity index (χ4n) is 6.74. The molecule has 4 nitrogen and oxygen atoms in total. The molecule has 0 saturated carbocycles. The molecule has 244 valence electrons. The summed E-state index contributed by atoms with van der Waals surface area (Å²) in [5, 5.41) is 14.3. The van der Waals surface area contributed by atoms with Crippen molar-refractivity contribution in [3.63, 3.8) is 0 Å². The third-order valence-electron chi connectivity index (χ3n) is 9.17. The third kappa shape index (κ3) is 6.51. The Hall–Kier alpha value is -6.04. The maximum Gasteiger partial charge on any atom is 0.248 e. The van der Waals surface area contributed by atoms with Gasteiger partial charge < -0.3 is 9.32 Å². The molecule has 0 radical (unpaired) electrons. The number of rotatable bonds is 11. The van der Waals surface area contributed by atoms with Gasteiger partial charge in [-0.1, -0.05) is 153 Å². The summed E-state index contributed by atoms with van der Waals surface area (Å²) in [5.41, 5.74) is 5.14. The van der Waals surface area contributed by atoms with Crippen molar-refractivity contribution in [3.8, 4) is 11.5 Å². The molecule has 0 aliphatic heterocycles. The fourth-order valence-corrected chi connectivity index (χ4v) is 11.5.